The number of benzene rings is 1. The number of nitrogens with zero attached hydrogens (tertiary/aromatic N) is 5. The number of rotatable bonds is 5. The van der Waals surface area contributed by atoms with E-state index in [1.165, 1.54) is 21.1 Å². The lowest BCUT2D eigenvalue weighted by molar-refractivity contribution is 0.439. The van der Waals surface area contributed by atoms with Crippen LogP contribution in [0.5, 0.6) is 0 Å². The topological polar surface area (TPSA) is 65.1 Å². The maximum Gasteiger partial charge on any atom is 0.332 e. The molecule has 2 aromatic heterocycles. The average molecular weight is 422 g/mol. The van der Waals surface area contributed by atoms with Crippen molar-refractivity contribution in [1.82, 2.24) is 18.7 Å². The molecule has 1 aromatic carbocycles. The average Bonchev–Trinajstić information content (AvgIpc) is 3.14. The first-order valence-corrected chi connectivity index (χ1v) is 11.0. The van der Waals surface area contributed by atoms with Crippen LogP contribution in [0.3, 0.4) is 0 Å². The molecule has 164 valence electrons. The first-order chi connectivity index (χ1) is 14.9. The molecule has 1 aliphatic heterocycles. The Bertz CT molecular complexity index is 1230. The molecule has 0 bridgehead atoms. The quantitative estimate of drug-likeness (QED) is 0.594. The molecular weight excluding hydrogens is 390 g/mol. The molecule has 0 N–H and O–H groups in total. The van der Waals surface area contributed by atoms with Crippen LogP contribution in [-0.4, -0.2) is 31.8 Å². The Morgan fingerprint density at radius 2 is 1.90 bits per heavy atom. The normalized spacial score (nSPS) is 16.6. The molecule has 3 heterocycles. The summed E-state index contributed by atoms with van der Waals surface area (Å²) in [5, 5.41) is 0. The van der Waals surface area contributed by atoms with Gasteiger partial charge in [-0.15, -0.1) is 0 Å². The van der Waals surface area contributed by atoms with Crippen LogP contribution >= 0.6 is 0 Å². The summed E-state index contributed by atoms with van der Waals surface area (Å²) < 4.78 is 4.82. The Morgan fingerprint density at radius 1 is 1.16 bits per heavy atom. The van der Waals surface area contributed by atoms with E-state index in [1.54, 1.807) is 7.05 Å². The van der Waals surface area contributed by atoms with Crippen molar-refractivity contribution in [3.05, 3.63) is 68.4 Å². The summed E-state index contributed by atoms with van der Waals surface area (Å²) in [5.41, 5.74) is 2.41. The van der Waals surface area contributed by atoms with Gasteiger partial charge in [-0.1, -0.05) is 48.9 Å². The summed E-state index contributed by atoms with van der Waals surface area (Å²) in [4.78, 5) is 33.7. The number of hydrogen-bond donors (Lipinski definition) is 0. The maximum atomic E-state index is 13.6. The van der Waals surface area contributed by atoms with E-state index in [1.807, 2.05) is 48.7 Å². The number of anilines is 1. The zero-order chi connectivity index (χ0) is 22.1. The minimum absolute atomic E-state index is 0.242. The van der Waals surface area contributed by atoms with E-state index < -0.39 is 0 Å². The maximum absolute atomic E-state index is 13.6. The number of fused-ring (bicyclic) bond motifs is 1. The van der Waals surface area contributed by atoms with Crippen molar-refractivity contribution in [2.75, 3.05) is 18.0 Å². The fourth-order valence-electron chi connectivity index (χ4n) is 4.32. The molecule has 7 heteroatoms. The van der Waals surface area contributed by atoms with Gasteiger partial charge in [0.15, 0.2) is 11.2 Å². The number of piperidine rings is 1. The smallest absolute Gasteiger partial charge is 0.332 e. The van der Waals surface area contributed by atoms with E-state index >= 15 is 0 Å². The van der Waals surface area contributed by atoms with Gasteiger partial charge in [0.2, 0.25) is 5.95 Å². The van der Waals surface area contributed by atoms with E-state index in [9.17, 15) is 9.59 Å². The molecule has 1 saturated heterocycles. The number of allylic oxidation sites excluding steroid dienone is 2. The summed E-state index contributed by atoms with van der Waals surface area (Å²) in [6, 6.07) is 9.61. The molecule has 0 saturated carbocycles. The predicted molar refractivity (Wildman–Crippen MR) is 125 cm³/mol. The Morgan fingerprint density at radius 3 is 2.58 bits per heavy atom. The Balaban J connectivity index is 1.93. The Kier molecular flexibility index (Phi) is 5.85. The van der Waals surface area contributed by atoms with E-state index in [2.05, 4.69) is 17.9 Å². The number of imidazole rings is 1. The lowest BCUT2D eigenvalue weighted by atomic mass is 10.0. The third-order valence-electron chi connectivity index (χ3n) is 6.02. The summed E-state index contributed by atoms with van der Waals surface area (Å²) in [7, 11) is 1.70. The minimum atomic E-state index is -0.341. The van der Waals surface area contributed by atoms with Gasteiger partial charge in [0.05, 0.1) is 6.54 Å². The summed E-state index contributed by atoms with van der Waals surface area (Å²) in [6.07, 6.45) is 4.40. The van der Waals surface area contributed by atoms with Gasteiger partial charge >= 0.3 is 5.69 Å². The molecule has 1 atom stereocenters. The molecule has 0 aliphatic carbocycles. The standard InChI is InChI=1S/C24H31N5O2/c1-17(2)12-14-28-20-21(25-23(28)27-13-8-9-18(3)15-27)26(4)24(31)29(22(20)30)16-19-10-6-5-7-11-19/h5-7,10-12,18H,8-9,13-16H2,1-4H3. The lowest BCUT2D eigenvalue weighted by Crippen LogP contribution is -2.40. The van der Waals surface area contributed by atoms with Crippen LogP contribution in [0.2, 0.25) is 0 Å². The van der Waals surface area contributed by atoms with Crippen molar-refractivity contribution in [3.63, 3.8) is 0 Å². The molecule has 0 spiro atoms. The number of aromatic nitrogens is 4. The fraction of sp³-hybridized carbons (Fsp3) is 0.458. The fourth-order valence-corrected chi connectivity index (χ4v) is 4.32. The van der Waals surface area contributed by atoms with Gasteiger partial charge in [-0.05, 0) is 38.2 Å². The summed E-state index contributed by atoms with van der Waals surface area (Å²) in [6.45, 7) is 8.96. The molecule has 4 rings (SSSR count). The van der Waals surface area contributed by atoms with Crippen molar-refractivity contribution in [2.45, 2.75) is 46.7 Å². The van der Waals surface area contributed by atoms with Crippen molar-refractivity contribution in [1.29, 1.82) is 0 Å². The molecule has 1 aliphatic rings. The molecular formula is C24H31N5O2. The van der Waals surface area contributed by atoms with Crippen LogP contribution in [0, 0.1) is 5.92 Å². The molecule has 3 aromatic rings. The van der Waals surface area contributed by atoms with Gasteiger partial charge < -0.3 is 9.47 Å². The van der Waals surface area contributed by atoms with E-state index in [0.29, 0.717) is 23.6 Å². The van der Waals surface area contributed by atoms with Gasteiger partial charge in [-0.25, -0.2) is 4.79 Å². The third-order valence-corrected chi connectivity index (χ3v) is 6.02. The van der Waals surface area contributed by atoms with Gasteiger partial charge in [0, 0.05) is 26.7 Å². The first kappa shape index (κ1) is 21.2. The predicted octanol–water partition coefficient (Wildman–Crippen LogP) is 3.15. The molecule has 1 unspecified atom stereocenters. The highest BCUT2D eigenvalue weighted by atomic mass is 16.2. The highest BCUT2D eigenvalue weighted by Gasteiger charge is 2.25. The second kappa shape index (κ2) is 8.57. The van der Waals surface area contributed by atoms with Crippen LogP contribution in [-0.2, 0) is 20.1 Å². The zero-order valence-corrected chi connectivity index (χ0v) is 18.8. The zero-order valence-electron chi connectivity index (χ0n) is 18.8. The monoisotopic (exact) mass is 421 g/mol. The molecule has 0 radical (unpaired) electrons. The summed E-state index contributed by atoms with van der Waals surface area (Å²) >= 11 is 0. The van der Waals surface area contributed by atoms with Crippen LogP contribution in [0.1, 0.15) is 39.2 Å². The second-order valence-electron chi connectivity index (χ2n) is 8.89. The minimum Gasteiger partial charge on any atom is -0.342 e. The highest BCUT2D eigenvalue weighted by molar-refractivity contribution is 5.74. The van der Waals surface area contributed by atoms with Crippen molar-refractivity contribution >= 4 is 17.1 Å². The highest BCUT2D eigenvalue weighted by Crippen LogP contribution is 2.25. The van der Waals surface area contributed by atoms with Crippen LogP contribution in [0.4, 0.5) is 5.95 Å². The second-order valence-corrected chi connectivity index (χ2v) is 8.89. The van der Waals surface area contributed by atoms with Crippen LogP contribution in [0.25, 0.3) is 11.2 Å². The van der Waals surface area contributed by atoms with Gasteiger partial charge in [0.25, 0.3) is 5.56 Å². The largest absolute Gasteiger partial charge is 0.342 e. The van der Waals surface area contributed by atoms with Gasteiger partial charge in [0.1, 0.15) is 0 Å². The van der Waals surface area contributed by atoms with Gasteiger partial charge in [-0.3, -0.25) is 13.9 Å². The van der Waals surface area contributed by atoms with Crippen LogP contribution in [0.15, 0.2) is 51.6 Å². The molecule has 31 heavy (non-hydrogen) atoms. The van der Waals surface area contributed by atoms with Gasteiger partial charge in [-0.2, -0.15) is 4.98 Å². The lowest BCUT2D eigenvalue weighted by Gasteiger charge is -2.31. The number of aryl methyl sites for hydroxylation is 1. The van der Waals surface area contributed by atoms with E-state index in [0.717, 1.165) is 31.0 Å². The van der Waals surface area contributed by atoms with Crippen molar-refractivity contribution in [2.24, 2.45) is 13.0 Å². The van der Waals surface area contributed by atoms with E-state index in [-0.39, 0.29) is 17.8 Å². The molecule has 0 amide bonds. The van der Waals surface area contributed by atoms with Crippen molar-refractivity contribution in [3.8, 4) is 0 Å². The molecule has 7 nitrogen and oxygen atoms in total. The van der Waals surface area contributed by atoms with E-state index in [4.69, 9.17) is 4.98 Å². The third kappa shape index (κ3) is 4.09. The first-order valence-electron chi connectivity index (χ1n) is 11.0. The van der Waals surface area contributed by atoms with Crippen LogP contribution < -0.4 is 16.1 Å². The number of hydrogen-bond acceptors (Lipinski definition) is 4. The Hall–Kier alpha value is -3.09. The Labute approximate surface area is 182 Å². The molecule has 1 fully saturated rings. The summed E-state index contributed by atoms with van der Waals surface area (Å²) in [5.74, 6) is 1.35. The van der Waals surface area contributed by atoms with Crippen molar-refractivity contribution < 1.29 is 0 Å². The SMILES string of the molecule is CC(C)=CCn1c(N2CCCC(C)C2)nc2c1c(=O)n(Cc1ccccc1)c(=O)n2C.